The fraction of sp³-hybridized carbons (Fsp3) is 0.350. The van der Waals surface area contributed by atoms with Crippen molar-refractivity contribution in [2.75, 3.05) is 31.5 Å². The molecule has 0 saturated heterocycles. The summed E-state index contributed by atoms with van der Waals surface area (Å²) in [5.41, 5.74) is 2.33. The van der Waals surface area contributed by atoms with Crippen LogP contribution in [0.15, 0.2) is 48.5 Å². The molecular weight excluding hydrogens is 344 g/mol. The highest BCUT2D eigenvalue weighted by atomic mass is 16.6. The molecule has 1 atom stereocenters. The van der Waals surface area contributed by atoms with E-state index in [-0.39, 0.29) is 17.8 Å². The van der Waals surface area contributed by atoms with Crippen LogP contribution in [0.4, 0.5) is 16.2 Å². The SMILES string of the molecule is CCN(CC)CCN1C(=O)Nc2ccc([N+](=O)[O-])cc2C1c1ccccc1. The number of carbonyl (C=O) groups excluding carboxylic acids is 1. The second-order valence-corrected chi connectivity index (χ2v) is 6.49. The van der Waals surface area contributed by atoms with Crippen molar-refractivity contribution >= 4 is 17.4 Å². The van der Waals surface area contributed by atoms with Gasteiger partial charge in [0.1, 0.15) is 0 Å². The maximum absolute atomic E-state index is 12.8. The summed E-state index contributed by atoms with van der Waals surface area (Å²) in [7, 11) is 0. The Kier molecular flexibility index (Phi) is 5.71. The van der Waals surface area contributed by atoms with E-state index in [0.29, 0.717) is 12.2 Å². The molecule has 0 spiro atoms. The Balaban J connectivity index is 2.03. The van der Waals surface area contributed by atoms with E-state index in [1.54, 1.807) is 17.0 Å². The summed E-state index contributed by atoms with van der Waals surface area (Å²) in [5.74, 6) is 0. The van der Waals surface area contributed by atoms with Crippen LogP contribution in [0.2, 0.25) is 0 Å². The zero-order valence-corrected chi connectivity index (χ0v) is 15.6. The Morgan fingerprint density at radius 1 is 1.15 bits per heavy atom. The summed E-state index contributed by atoms with van der Waals surface area (Å²) in [6.07, 6.45) is 0. The van der Waals surface area contributed by atoms with Crippen LogP contribution in [0.1, 0.15) is 31.0 Å². The lowest BCUT2D eigenvalue weighted by molar-refractivity contribution is -0.384. The maximum Gasteiger partial charge on any atom is 0.322 e. The van der Waals surface area contributed by atoms with Crippen LogP contribution < -0.4 is 5.32 Å². The number of hydrogen-bond donors (Lipinski definition) is 1. The first-order chi connectivity index (χ1) is 13.0. The number of nitrogens with one attached hydrogen (secondary N) is 1. The molecule has 27 heavy (non-hydrogen) atoms. The fourth-order valence-corrected chi connectivity index (χ4v) is 3.49. The van der Waals surface area contributed by atoms with Crippen LogP contribution in [0.3, 0.4) is 0 Å². The highest BCUT2D eigenvalue weighted by Gasteiger charge is 2.34. The number of rotatable bonds is 7. The number of benzene rings is 2. The zero-order valence-electron chi connectivity index (χ0n) is 15.6. The van der Waals surface area contributed by atoms with Gasteiger partial charge in [-0.25, -0.2) is 4.79 Å². The molecule has 2 amide bonds. The normalized spacial score (nSPS) is 16.2. The molecule has 7 heteroatoms. The van der Waals surface area contributed by atoms with Crippen molar-refractivity contribution in [2.24, 2.45) is 0 Å². The summed E-state index contributed by atoms with van der Waals surface area (Å²) in [6, 6.07) is 13.7. The lowest BCUT2D eigenvalue weighted by Crippen LogP contribution is -2.46. The van der Waals surface area contributed by atoms with Crippen molar-refractivity contribution in [1.29, 1.82) is 0 Å². The van der Waals surface area contributed by atoms with Crippen molar-refractivity contribution < 1.29 is 9.72 Å². The summed E-state index contributed by atoms with van der Waals surface area (Å²) < 4.78 is 0. The van der Waals surface area contributed by atoms with Crippen molar-refractivity contribution in [3.05, 3.63) is 69.8 Å². The average molecular weight is 368 g/mol. The van der Waals surface area contributed by atoms with E-state index in [0.717, 1.165) is 30.8 Å². The smallest absolute Gasteiger partial charge is 0.312 e. The first kappa shape index (κ1) is 18.8. The predicted molar refractivity (Wildman–Crippen MR) is 105 cm³/mol. The summed E-state index contributed by atoms with van der Waals surface area (Å²) in [6.45, 7) is 7.28. The average Bonchev–Trinajstić information content (AvgIpc) is 2.69. The second kappa shape index (κ2) is 8.18. The fourth-order valence-electron chi connectivity index (χ4n) is 3.49. The van der Waals surface area contributed by atoms with Crippen LogP contribution in [0, 0.1) is 10.1 Å². The first-order valence-electron chi connectivity index (χ1n) is 9.18. The minimum Gasteiger partial charge on any atom is -0.312 e. The van der Waals surface area contributed by atoms with Gasteiger partial charge in [-0.15, -0.1) is 0 Å². The van der Waals surface area contributed by atoms with Gasteiger partial charge in [0, 0.05) is 36.5 Å². The molecule has 1 unspecified atom stereocenters. The molecule has 0 aliphatic carbocycles. The summed E-state index contributed by atoms with van der Waals surface area (Å²) >= 11 is 0. The quantitative estimate of drug-likeness (QED) is 0.594. The van der Waals surface area contributed by atoms with Gasteiger partial charge in [-0.3, -0.25) is 10.1 Å². The molecular formula is C20H24N4O3. The van der Waals surface area contributed by atoms with Crippen molar-refractivity contribution in [3.63, 3.8) is 0 Å². The standard InChI is InChI=1S/C20H24N4O3/c1-3-22(4-2)12-13-23-19(15-8-6-5-7-9-15)17-14-16(24(26)27)10-11-18(17)21-20(23)25/h5-11,14,19H,3-4,12-13H2,1-2H3,(H,21,25). The molecule has 1 aliphatic heterocycles. The summed E-state index contributed by atoms with van der Waals surface area (Å²) in [5, 5.41) is 14.1. The molecule has 0 radical (unpaired) electrons. The lowest BCUT2D eigenvalue weighted by atomic mass is 9.93. The molecule has 0 saturated carbocycles. The van der Waals surface area contributed by atoms with Crippen LogP contribution in [0.5, 0.6) is 0 Å². The van der Waals surface area contributed by atoms with Gasteiger partial charge >= 0.3 is 6.03 Å². The predicted octanol–water partition coefficient (Wildman–Crippen LogP) is 3.87. The Morgan fingerprint density at radius 2 is 1.85 bits per heavy atom. The molecule has 1 aliphatic rings. The minimum absolute atomic E-state index is 0.0227. The minimum atomic E-state index is -0.404. The lowest BCUT2D eigenvalue weighted by Gasteiger charge is -2.38. The van der Waals surface area contributed by atoms with Gasteiger partial charge in [0.2, 0.25) is 0 Å². The number of likely N-dealkylation sites (N-methyl/N-ethyl adjacent to an activating group) is 1. The molecule has 3 rings (SSSR count). The highest BCUT2D eigenvalue weighted by molar-refractivity contribution is 5.94. The van der Waals surface area contributed by atoms with Gasteiger partial charge in [0.25, 0.3) is 5.69 Å². The van der Waals surface area contributed by atoms with Crippen LogP contribution >= 0.6 is 0 Å². The van der Waals surface area contributed by atoms with E-state index >= 15 is 0 Å². The maximum atomic E-state index is 12.8. The van der Waals surface area contributed by atoms with Crippen molar-refractivity contribution in [1.82, 2.24) is 9.80 Å². The molecule has 1 N–H and O–H groups in total. The molecule has 2 aromatic rings. The molecule has 1 heterocycles. The highest BCUT2D eigenvalue weighted by Crippen LogP contribution is 2.39. The molecule has 7 nitrogen and oxygen atoms in total. The van der Waals surface area contributed by atoms with Gasteiger partial charge in [-0.05, 0) is 24.7 Å². The van der Waals surface area contributed by atoms with E-state index in [9.17, 15) is 14.9 Å². The molecule has 2 aromatic carbocycles. The third kappa shape index (κ3) is 3.93. The molecule has 0 aromatic heterocycles. The van der Waals surface area contributed by atoms with E-state index in [1.165, 1.54) is 6.07 Å². The van der Waals surface area contributed by atoms with Crippen LogP contribution in [0.25, 0.3) is 0 Å². The number of carbonyl (C=O) groups is 1. The Labute approximate surface area is 158 Å². The number of urea groups is 1. The molecule has 0 fully saturated rings. The number of hydrogen-bond acceptors (Lipinski definition) is 4. The van der Waals surface area contributed by atoms with E-state index in [4.69, 9.17) is 0 Å². The Morgan fingerprint density at radius 3 is 2.48 bits per heavy atom. The van der Waals surface area contributed by atoms with Gasteiger partial charge in [0.15, 0.2) is 0 Å². The van der Waals surface area contributed by atoms with Crippen LogP contribution in [-0.2, 0) is 0 Å². The van der Waals surface area contributed by atoms with Gasteiger partial charge < -0.3 is 15.1 Å². The van der Waals surface area contributed by atoms with Crippen LogP contribution in [-0.4, -0.2) is 46.9 Å². The number of nitro groups is 1. The topological polar surface area (TPSA) is 78.7 Å². The number of amides is 2. The van der Waals surface area contributed by atoms with Gasteiger partial charge in [0.05, 0.1) is 11.0 Å². The van der Waals surface area contributed by atoms with E-state index in [1.807, 2.05) is 30.3 Å². The second-order valence-electron chi connectivity index (χ2n) is 6.49. The Hall–Kier alpha value is -2.93. The largest absolute Gasteiger partial charge is 0.322 e. The van der Waals surface area contributed by atoms with Crippen molar-refractivity contribution in [2.45, 2.75) is 19.9 Å². The Bertz CT molecular complexity index is 821. The zero-order chi connectivity index (χ0) is 19.4. The third-order valence-corrected chi connectivity index (χ3v) is 5.02. The van der Waals surface area contributed by atoms with E-state index in [2.05, 4.69) is 24.1 Å². The third-order valence-electron chi connectivity index (χ3n) is 5.02. The molecule has 142 valence electrons. The first-order valence-corrected chi connectivity index (χ1v) is 9.18. The monoisotopic (exact) mass is 368 g/mol. The van der Waals surface area contributed by atoms with E-state index < -0.39 is 4.92 Å². The number of nitrogens with zero attached hydrogens (tertiary/aromatic N) is 3. The molecule has 0 bridgehead atoms. The number of non-ortho nitro benzene ring substituents is 1. The van der Waals surface area contributed by atoms with Crippen molar-refractivity contribution in [3.8, 4) is 0 Å². The van der Waals surface area contributed by atoms with Gasteiger partial charge in [-0.1, -0.05) is 44.2 Å². The number of anilines is 1. The summed E-state index contributed by atoms with van der Waals surface area (Å²) in [4.78, 5) is 27.7. The van der Waals surface area contributed by atoms with Gasteiger partial charge in [-0.2, -0.15) is 0 Å². The number of nitro benzene ring substituents is 1. The number of fused-ring (bicyclic) bond motifs is 1.